The van der Waals surface area contributed by atoms with Crippen LogP contribution in [-0.4, -0.2) is 75.3 Å². The highest BCUT2D eigenvalue weighted by Gasteiger charge is 2.47. The lowest BCUT2D eigenvalue weighted by atomic mass is 10.2. The number of amides is 1. The fourth-order valence-electron chi connectivity index (χ4n) is 4.27. The summed E-state index contributed by atoms with van der Waals surface area (Å²) >= 11 is 6.43. The summed E-state index contributed by atoms with van der Waals surface area (Å²) in [5.74, 6) is -0.315. The minimum absolute atomic E-state index is 0.105. The first-order valence-electron chi connectivity index (χ1n) is 10.8. The zero-order valence-electron chi connectivity index (χ0n) is 17.6. The number of hydrogen-bond donors (Lipinski definition) is 2. The Kier molecular flexibility index (Phi) is 6.19. The molecule has 2 saturated heterocycles. The summed E-state index contributed by atoms with van der Waals surface area (Å²) in [4.78, 5) is 17.1. The fraction of sp³-hybridized carbons (Fsp3) is 0.619. The first-order valence-corrected chi connectivity index (χ1v) is 12.7. The van der Waals surface area contributed by atoms with E-state index < -0.39 is 26.7 Å². The van der Waals surface area contributed by atoms with Gasteiger partial charge >= 0.3 is 0 Å². The predicted molar refractivity (Wildman–Crippen MR) is 119 cm³/mol. The van der Waals surface area contributed by atoms with E-state index >= 15 is 0 Å². The van der Waals surface area contributed by atoms with Crippen molar-refractivity contribution >= 4 is 33.0 Å². The van der Waals surface area contributed by atoms with Crippen LogP contribution >= 0.6 is 11.6 Å². The van der Waals surface area contributed by atoms with E-state index in [1.165, 1.54) is 0 Å². The molecule has 31 heavy (non-hydrogen) atoms. The van der Waals surface area contributed by atoms with E-state index in [9.17, 15) is 13.2 Å². The Morgan fingerprint density at radius 3 is 2.61 bits per heavy atom. The molecule has 2 aliphatic heterocycles. The van der Waals surface area contributed by atoms with Gasteiger partial charge in [-0.2, -0.15) is 5.26 Å². The number of halogens is 1. The zero-order chi connectivity index (χ0) is 22.2. The number of carbonyl (C=O) groups excluding carboxylic acids is 1. The van der Waals surface area contributed by atoms with Crippen molar-refractivity contribution < 1.29 is 13.2 Å². The average molecular weight is 466 g/mol. The average Bonchev–Trinajstić information content (AvgIpc) is 3.34. The molecular weight excluding hydrogens is 438 g/mol. The molecule has 1 aromatic rings. The number of piperazine rings is 1. The summed E-state index contributed by atoms with van der Waals surface area (Å²) in [5, 5.41) is 14.4. The summed E-state index contributed by atoms with van der Waals surface area (Å²) < 4.78 is 26.4. The van der Waals surface area contributed by atoms with E-state index in [4.69, 9.17) is 16.9 Å². The second-order valence-electron chi connectivity index (χ2n) is 8.58. The highest BCUT2D eigenvalue weighted by molar-refractivity contribution is 7.92. The van der Waals surface area contributed by atoms with Gasteiger partial charge in [-0.1, -0.05) is 18.5 Å². The van der Waals surface area contributed by atoms with E-state index in [0.29, 0.717) is 12.8 Å². The number of likely N-dealkylation sites (N-methyl/N-ethyl adjacent to an activating group) is 1. The number of nitrogens with zero attached hydrogens (tertiary/aromatic N) is 3. The molecule has 4 rings (SSSR count). The minimum atomic E-state index is -3.70. The number of anilines is 1. The molecule has 3 fully saturated rings. The Morgan fingerprint density at radius 2 is 2.03 bits per heavy atom. The summed E-state index contributed by atoms with van der Waals surface area (Å²) in [6.45, 7) is 7.05. The van der Waals surface area contributed by atoms with Gasteiger partial charge in [-0.05, 0) is 44.0 Å². The Balaban J connectivity index is 1.43. The quantitative estimate of drug-likeness (QED) is 0.649. The van der Waals surface area contributed by atoms with Crippen molar-refractivity contribution in [3.8, 4) is 6.07 Å². The maximum Gasteiger partial charge on any atom is 0.238 e. The molecule has 2 heterocycles. The maximum atomic E-state index is 13.2. The van der Waals surface area contributed by atoms with Gasteiger partial charge in [0.2, 0.25) is 5.91 Å². The third-order valence-electron chi connectivity index (χ3n) is 6.58. The summed E-state index contributed by atoms with van der Waals surface area (Å²) in [5.41, 5.74) is 0.157. The standard InChI is InChI=1S/C21H28ClN5O3S/c1-2-26-7-9-27(10-8-26)15-3-4-19(17(22)11-15)31(29,30)16-12-18(24-13-16)20(28)25-21(14-23)5-6-21/h3-4,11,16,18,24H,2,5-10,12-13H2,1H3,(H,25,28)/t16-,18+/m1/s1. The van der Waals surface area contributed by atoms with Crippen molar-refractivity contribution in [2.24, 2.45) is 0 Å². The molecule has 2 atom stereocenters. The van der Waals surface area contributed by atoms with Crippen LogP contribution in [0.15, 0.2) is 23.1 Å². The van der Waals surface area contributed by atoms with Gasteiger partial charge in [-0.3, -0.25) is 4.79 Å². The molecule has 0 spiro atoms. The molecule has 0 unspecified atom stereocenters. The fourth-order valence-corrected chi connectivity index (χ4v) is 6.48. The van der Waals surface area contributed by atoms with Gasteiger partial charge in [0.15, 0.2) is 9.84 Å². The largest absolute Gasteiger partial charge is 0.369 e. The van der Waals surface area contributed by atoms with Crippen molar-refractivity contribution in [3.63, 3.8) is 0 Å². The lowest BCUT2D eigenvalue weighted by Gasteiger charge is -2.35. The summed E-state index contributed by atoms with van der Waals surface area (Å²) in [7, 11) is -3.70. The molecule has 1 aromatic carbocycles. The first-order chi connectivity index (χ1) is 14.8. The van der Waals surface area contributed by atoms with Crippen LogP contribution in [0, 0.1) is 11.3 Å². The lowest BCUT2D eigenvalue weighted by Crippen LogP contribution is -2.46. The smallest absolute Gasteiger partial charge is 0.238 e. The van der Waals surface area contributed by atoms with Crippen molar-refractivity contribution in [3.05, 3.63) is 23.2 Å². The van der Waals surface area contributed by atoms with Gasteiger partial charge in [0.25, 0.3) is 0 Å². The second kappa shape index (κ2) is 8.58. The number of carbonyl (C=O) groups is 1. The topological polar surface area (TPSA) is 106 Å². The second-order valence-corrected chi connectivity index (χ2v) is 11.2. The maximum absolute atomic E-state index is 13.2. The zero-order valence-corrected chi connectivity index (χ0v) is 19.2. The Bertz CT molecular complexity index is 997. The van der Waals surface area contributed by atoms with E-state index in [1.54, 1.807) is 12.1 Å². The van der Waals surface area contributed by atoms with E-state index in [2.05, 4.69) is 33.4 Å². The lowest BCUT2D eigenvalue weighted by molar-refractivity contribution is -0.123. The van der Waals surface area contributed by atoms with Gasteiger partial charge in [0, 0.05) is 38.4 Å². The van der Waals surface area contributed by atoms with Crippen LogP contribution in [0.3, 0.4) is 0 Å². The van der Waals surface area contributed by atoms with Crippen LogP contribution in [0.1, 0.15) is 26.2 Å². The minimum Gasteiger partial charge on any atom is -0.369 e. The number of benzene rings is 1. The normalized spacial score (nSPS) is 25.8. The Hall–Kier alpha value is -1.86. The Labute approximate surface area is 188 Å². The van der Waals surface area contributed by atoms with Gasteiger partial charge < -0.3 is 20.4 Å². The predicted octanol–water partition coefficient (Wildman–Crippen LogP) is 1.16. The van der Waals surface area contributed by atoms with Crippen molar-refractivity contribution in [1.82, 2.24) is 15.5 Å². The molecule has 1 aliphatic carbocycles. The van der Waals surface area contributed by atoms with Gasteiger partial charge in [-0.25, -0.2) is 8.42 Å². The van der Waals surface area contributed by atoms with Gasteiger partial charge in [0.05, 0.1) is 27.3 Å². The van der Waals surface area contributed by atoms with Gasteiger partial charge in [-0.15, -0.1) is 0 Å². The molecule has 0 bridgehead atoms. The van der Waals surface area contributed by atoms with Crippen LogP contribution in [-0.2, 0) is 14.6 Å². The number of nitrogens with one attached hydrogen (secondary N) is 2. The summed E-state index contributed by atoms with van der Waals surface area (Å²) in [6, 6.07) is 6.62. The van der Waals surface area contributed by atoms with E-state index in [1.807, 2.05) is 6.07 Å². The highest BCUT2D eigenvalue weighted by atomic mass is 35.5. The van der Waals surface area contributed by atoms with Crippen molar-refractivity contribution in [2.75, 3.05) is 44.2 Å². The highest BCUT2D eigenvalue weighted by Crippen LogP contribution is 2.35. The number of hydrogen-bond acceptors (Lipinski definition) is 7. The monoisotopic (exact) mass is 465 g/mol. The summed E-state index contributed by atoms with van der Waals surface area (Å²) in [6.07, 6.45) is 1.44. The number of rotatable bonds is 6. The molecule has 168 valence electrons. The number of nitriles is 1. The molecule has 10 heteroatoms. The molecule has 1 saturated carbocycles. The van der Waals surface area contributed by atoms with Crippen LogP contribution in [0.25, 0.3) is 0 Å². The molecule has 8 nitrogen and oxygen atoms in total. The van der Waals surface area contributed by atoms with Gasteiger partial charge in [0.1, 0.15) is 5.54 Å². The van der Waals surface area contributed by atoms with E-state index in [0.717, 1.165) is 38.4 Å². The molecule has 3 aliphatic rings. The van der Waals surface area contributed by atoms with Crippen LogP contribution in [0.2, 0.25) is 5.02 Å². The molecule has 1 amide bonds. The first kappa shape index (κ1) is 22.3. The Morgan fingerprint density at radius 1 is 1.32 bits per heavy atom. The molecule has 2 N–H and O–H groups in total. The van der Waals surface area contributed by atoms with Crippen LogP contribution < -0.4 is 15.5 Å². The van der Waals surface area contributed by atoms with Crippen molar-refractivity contribution in [2.45, 2.75) is 47.9 Å². The molecular formula is C21H28ClN5O3S. The molecule has 0 aromatic heterocycles. The molecule has 0 radical (unpaired) electrons. The van der Waals surface area contributed by atoms with Crippen molar-refractivity contribution in [1.29, 1.82) is 5.26 Å². The van der Waals surface area contributed by atoms with Crippen LogP contribution in [0.5, 0.6) is 0 Å². The third-order valence-corrected chi connectivity index (χ3v) is 9.21. The SMILES string of the molecule is CCN1CCN(c2ccc(S(=O)(=O)[C@H]3CN[C@H](C(=O)NC4(C#N)CC4)C3)c(Cl)c2)CC1. The van der Waals surface area contributed by atoms with Crippen LogP contribution in [0.4, 0.5) is 5.69 Å². The third kappa shape index (κ3) is 4.53. The van der Waals surface area contributed by atoms with E-state index in [-0.39, 0.29) is 28.8 Å². The number of sulfone groups is 1.